The maximum Gasteiger partial charge on any atom is 0.329 e. The Labute approximate surface area is 111 Å². The highest BCUT2D eigenvalue weighted by atomic mass is 79.9. The number of para-hydroxylation sites is 1. The van der Waals surface area contributed by atoms with Gasteiger partial charge < -0.3 is 5.32 Å². The van der Waals surface area contributed by atoms with E-state index in [1.54, 1.807) is 18.3 Å². The maximum atomic E-state index is 11.7. The predicted molar refractivity (Wildman–Crippen MR) is 70.3 cm³/mol. The van der Waals surface area contributed by atoms with Crippen LogP contribution in [-0.4, -0.2) is 23.5 Å². The average molecular weight is 306 g/mol. The van der Waals surface area contributed by atoms with Crippen LogP contribution in [-0.2, 0) is 4.79 Å². The Bertz CT molecular complexity index is 655. The SMILES string of the molecule is O=C1CNC(=O)N1c1cccc2cc(Br)cnc12. The molecule has 0 atom stereocenters. The maximum absolute atomic E-state index is 11.7. The third kappa shape index (κ3) is 1.65. The van der Waals surface area contributed by atoms with Crippen LogP contribution in [0.5, 0.6) is 0 Å². The highest BCUT2D eigenvalue weighted by Crippen LogP contribution is 2.28. The van der Waals surface area contributed by atoms with Crippen molar-refractivity contribution in [1.82, 2.24) is 10.3 Å². The Morgan fingerprint density at radius 3 is 2.89 bits per heavy atom. The topological polar surface area (TPSA) is 62.3 Å². The number of anilines is 1. The van der Waals surface area contributed by atoms with Crippen molar-refractivity contribution >= 4 is 44.5 Å². The molecule has 1 aliphatic heterocycles. The minimum absolute atomic E-state index is 0.0335. The van der Waals surface area contributed by atoms with Gasteiger partial charge in [-0.15, -0.1) is 0 Å². The second-order valence-corrected chi connectivity index (χ2v) is 4.81. The Morgan fingerprint density at radius 2 is 2.17 bits per heavy atom. The second kappa shape index (κ2) is 4.06. The summed E-state index contributed by atoms with van der Waals surface area (Å²) in [5, 5.41) is 3.36. The first-order chi connectivity index (χ1) is 8.66. The summed E-state index contributed by atoms with van der Waals surface area (Å²) in [6.07, 6.45) is 1.64. The molecule has 90 valence electrons. The van der Waals surface area contributed by atoms with Crippen LogP contribution < -0.4 is 10.2 Å². The van der Waals surface area contributed by atoms with E-state index in [0.29, 0.717) is 11.2 Å². The molecule has 3 amide bonds. The number of halogens is 1. The molecule has 1 aromatic carbocycles. The molecule has 2 heterocycles. The Hall–Kier alpha value is -1.95. The van der Waals surface area contributed by atoms with Crippen molar-refractivity contribution < 1.29 is 9.59 Å². The van der Waals surface area contributed by atoms with Crippen LogP contribution in [0.2, 0.25) is 0 Å². The lowest BCUT2D eigenvalue weighted by Crippen LogP contribution is -2.30. The smallest absolute Gasteiger partial charge is 0.328 e. The quantitative estimate of drug-likeness (QED) is 0.820. The van der Waals surface area contributed by atoms with Crippen molar-refractivity contribution in [2.24, 2.45) is 0 Å². The third-order valence-electron chi connectivity index (χ3n) is 2.74. The first kappa shape index (κ1) is 11.2. The van der Waals surface area contributed by atoms with Gasteiger partial charge in [0.15, 0.2) is 0 Å². The molecule has 3 rings (SSSR count). The van der Waals surface area contributed by atoms with Crippen molar-refractivity contribution in [2.75, 3.05) is 11.4 Å². The van der Waals surface area contributed by atoms with Gasteiger partial charge in [-0.2, -0.15) is 0 Å². The van der Waals surface area contributed by atoms with Gasteiger partial charge >= 0.3 is 6.03 Å². The van der Waals surface area contributed by atoms with Crippen molar-refractivity contribution in [3.8, 4) is 0 Å². The van der Waals surface area contributed by atoms with Crippen molar-refractivity contribution in [3.05, 3.63) is 34.9 Å². The molecule has 5 nitrogen and oxygen atoms in total. The van der Waals surface area contributed by atoms with Crippen LogP contribution in [0, 0.1) is 0 Å². The fourth-order valence-electron chi connectivity index (χ4n) is 1.96. The van der Waals surface area contributed by atoms with E-state index in [-0.39, 0.29) is 12.5 Å². The first-order valence-corrected chi connectivity index (χ1v) is 6.11. The number of benzene rings is 1. The van der Waals surface area contributed by atoms with Gasteiger partial charge in [0, 0.05) is 16.1 Å². The van der Waals surface area contributed by atoms with E-state index >= 15 is 0 Å². The summed E-state index contributed by atoms with van der Waals surface area (Å²) in [5.74, 6) is -0.266. The molecule has 0 unspecified atom stereocenters. The molecule has 1 aromatic heterocycles. The van der Waals surface area contributed by atoms with Gasteiger partial charge in [0.1, 0.15) is 0 Å². The van der Waals surface area contributed by atoms with E-state index in [0.717, 1.165) is 14.8 Å². The number of pyridine rings is 1. The number of fused-ring (bicyclic) bond motifs is 1. The molecule has 6 heteroatoms. The minimum Gasteiger partial charge on any atom is -0.328 e. The number of nitrogens with one attached hydrogen (secondary N) is 1. The van der Waals surface area contributed by atoms with Crippen molar-refractivity contribution in [2.45, 2.75) is 0 Å². The van der Waals surface area contributed by atoms with Gasteiger partial charge in [0.25, 0.3) is 5.91 Å². The molecule has 0 aliphatic carbocycles. The fraction of sp³-hybridized carbons (Fsp3) is 0.0833. The monoisotopic (exact) mass is 305 g/mol. The summed E-state index contributed by atoms with van der Waals surface area (Å²) < 4.78 is 0.851. The first-order valence-electron chi connectivity index (χ1n) is 5.32. The Morgan fingerprint density at radius 1 is 1.33 bits per heavy atom. The largest absolute Gasteiger partial charge is 0.329 e. The highest BCUT2D eigenvalue weighted by molar-refractivity contribution is 9.10. The zero-order chi connectivity index (χ0) is 12.7. The van der Waals surface area contributed by atoms with E-state index in [1.165, 1.54) is 0 Å². The summed E-state index contributed by atoms with van der Waals surface area (Å²) in [7, 11) is 0. The van der Waals surface area contributed by atoms with Crippen LogP contribution >= 0.6 is 15.9 Å². The number of urea groups is 1. The Kier molecular flexibility index (Phi) is 2.52. The highest BCUT2D eigenvalue weighted by Gasteiger charge is 2.31. The number of nitrogens with zero attached hydrogens (tertiary/aromatic N) is 2. The fourth-order valence-corrected chi connectivity index (χ4v) is 2.31. The van der Waals surface area contributed by atoms with Crippen molar-refractivity contribution in [1.29, 1.82) is 0 Å². The van der Waals surface area contributed by atoms with Gasteiger partial charge in [-0.05, 0) is 28.1 Å². The van der Waals surface area contributed by atoms with Gasteiger partial charge in [-0.25, -0.2) is 9.69 Å². The second-order valence-electron chi connectivity index (χ2n) is 3.89. The lowest BCUT2D eigenvalue weighted by Gasteiger charge is -2.14. The molecule has 18 heavy (non-hydrogen) atoms. The van der Waals surface area contributed by atoms with Crippen LogP contribution in [0.4, 0.5) is 10.5 Å². The lowest BCUT2D eigenvalue weighted by atomic mass is 10.2. The van der Waals surface area contributed by atoms with Crippen LogP contribution in [0.15, 0.2) is 34.9 Å². The molecule has 0 radical (unpaired) electrons. The number of imide groups is 1. The molecular weight excluding hydrogens is 298 g/mol. The van der Waals surface area contributed by atoms with E-state index in [4.69, 9.17) is 0 Å². The van der Waals surface area contributed by atoms with Crippen LogP contribution in [0.3, 0.4) is 0 Å². The van der Waals surface area contributed by atoms with E-state index in [1.807, 2.05) is 12.1 Å². The molecule has 2 aromatic rings. The van der Waals surface area contributed by atoms with Crippen LogP contribution in [0.25, 0.3) is 10.9 Å². The number of aromatic nitrogens is 1. The number of rotatable bonds is 1. The summed E-state index contributed by atoms with van der Waals surface area (Å²) in [5.41, 5.74) is 1.14. The lowest BCUT2D eigenvalue weighted by molar-refractivity contribution is -0.115. The summed E-state index contributed by atoms with van der Waals surface area (Å²) in [6.45, 7) is 0.0335. The van der Waals surface area contributed by atoms with E-state index in [9.17, 15) is 9.59 Å². The molecule has 0 bridgehead atoms. The summed E-state index contributed by atoms with van der Waals surface area (Å²) in [6, 6.07) is 6.88. The molecular formula is C12H8BrN3O2. The standard InChI is InChI=1S/C12H8BrN3O2/c13-8-4-7-2-1-3-9(11(7)14-5-8)16-10(17)6-15-12(16)18/h1-5H,6H2,(H,15,18). The summed E-state index contributed by atoms with van der Waals surface area (Å²) in [4.78, 5) is 28.8. The number of carbonyl (C=O) groups is 2. The number of carbonyl (C=O) groups excluding carboxylic acids is 2. The number of amides is 3. The zero-order valence-corrected chi connectivity index (χ0v) is 10.8. The third-order valence-corrected chi connectivity index (χ3v) is 3.17. The summed E-state index contributed by atoms with van der Waals surface area (Å²) >= 11 is 3.34. The predicted octanol–water partition coefficient (Wildman–Crippen LogP) is 2.05. The van der Waals surface area contributed by atoms with Gasteiger partial charge in [-0.1, -0.05) is 12.1 Å². The van der Waals surface area contributed by atoms with Gasteiger partial charge in [0.05, 0.1) is 17.7 Å². The number of hydrogen-bond donors (Lipinski definition) is 1. The molecule has 1 fully saturated rings. The average Bonchev–Trinajstić information content (AvgIpc) is 2.68. The van der Waals surface area contributed by atoms with Gasteiger partial charge in [-0.3, -0.25) is 9.78 Å². The number of hydrogen-bond acceptors (Lipinski definition) is 3. The Balaban J connectivity index is 2.23. The molecule has 1 N–H and O–H groups in total. The van der Waals surface area contributed by atoms with E-state index in [2.05, 4.69) is 26.2 Å². The van der Waals surface area contributed by atoms with Gasteiger partial charge in [0.2, 0.25) is 0 Å². The minimum atomic E-state index is -0.405. The molecule has 1 aliphatic rings. The molecule has 0 spiro atoms. The molecule has 0 saturated carbocycles. The zero-order valence-electron chi connectivity index (χ0n) is 9.18. The van der Waals surface area contributed by atoms with E-state index < -0.39 is 6.03 Å². The van der Waals surface area contributed by atoms with Crippen molar-refractivity contribution in [3.63, 3.8) is 0 Å². The normalized spacial score (nSPS) is 15.3. The van der Waals surface area contributed by atoms with Crippen LogP contribution in [0.1, 0.15) is 0 Å². The molecule has 1 saturated heterocycles.